The van der Waals surface area contributed by atoms with Crippen LogP contribution in [0.3, 0.4) is 0 Å². The van der Waals surface area contributed by atoms with E-state index in [1.807, 2.05) is 0 Å². The van der Waals surface area contributed by atoms with E-state index in [4.69, 9.17) is 0 Å². The van der Waals surface area contributed by atoms with Crippen LogP contribution in [0.2, 0.25) is 0 Å². The Hall–Kier alpha value is -1.18. The highest BCUT2D eigenvalue weighted by Crippen LogP contribution is 2.11. The summed E-state index contributed by atoms with van der Waals surface area (Å²) < 4.78 is 25.9. The lowest BCUT2D eigenvalue weighted by atomic mass is 10.4. The highest BCUT2D eigenvalue weighted by Gasteiger charge is 2.31. The number of aromatic nitrogens is 1. The largest absolute Gasteiger partial charge is 0.618 e. The quantitative estimate of drug-likeness (QED) is 0.529. The van der Waals surface area contributed by atoms with Crippen LogP contribution in [0.25, 0.3) is 0 Å². The summed E-state index contributed by atoms with van der Waals surface area (Å²) in [7, 11) is -3.65. The zero-order valence-corrected chi connectivity index (χ0v) is 9.48. The predicted octanol–water partition coefficient (Wildman–Crippen LogP) is -1.09. The van der Waals surface area contributed by atoms with Gasteiger partial charge in [0.15, 0.2) is 6.20 Å². The Morgan fingerprint density at radius 2 is 2.00 bits per heavy atom. The number of hydrogen-bond acceptors (Lipinski definition) is 4. The smallest absolute Gasteiger partial charge is 0.323 e. The number of nitrogens with zero attached hydrogens (tertiary/aromatic N) is 2. The third-order valence-electron chi connectivity index (χ3n) is 2.47. The molecule has 1 aliphatic rings. The molecule has 7 heteroatoms. The highest BCUT2D eigenvalue weighted by atomic mass is 32.2. The molecule has 6 nitrogen and oxygen atoms in total. The van der Waals surface area contributed by atoms with E-state index in [0.717, 1.165) is 0 Å². The van der Waals surface area contributed by atoms with Gasteiger partial charge in [0.25, 0.3) is 0 Å². The third kappa shape index (κ3) is 2.01. The number of hydrogen-bond donors (Lipinski definition) is 1. The number of sulfonamides is 1. The van der Waals surface area contributed by atoms with E-state index in [2.05, 4.69) is 5.32 Å². The van der Waals surface area contributed by atoms with Gasteiger partial charge in [0.05, 0.1) is 0 Å². The Balaban J connectivity index is 2.35. The number of pyridine rings is 1. The van der Waals surface area contributed by atoms with E-state index < -0.39 is 10.0 Å². The summed E-state index contributed by atoms with van der Waals surface area (Å²) in [6, 6.07) is 4.37. The molecule has 0 aromatic carbocycles. The summed E-state index contributed by atoms with van der Waals surface area (Å²) in [5.74, 6) is 0. The first kappa shape index (κ1) is 11.3. The van der Waals surface area contributed by atoms with Crippen molar-refractivity contribution in [3.8, 4) is 0 Å². The van der Waals surface area contributed by atoms with Gasteiger partial charge < -0.3 is 10.5 Å². The molecule has 88 valence electrons. The predicted molar refractivity (Wildman–Crippen MR) is 57.0 cm³/mol. The third-order valence-corrected chi connectivity index (χ3v) is 4.36. The molecule has 1 aromatic rings. The van der Waals surface area contributed by atoms with Crippen LogP contribution in [0.5, 0.6) is 0 Å². The van der Waals surface area contributed by atoms with Crippen molar-refractivity contribution in [1.29, 1.82) is 0 Å². The lowest BCUT2D eigenvalue weighted by molar-refractivity contribution is -0.646. The second-order valence-electron chi connectivity index (χ2n) is 3.52. The van der Waals surface area contributed by atoms with Crippen molar-refractivity contribution in [3.63, 3.8) is 0 Å². The van der Waals surface area contributed by atoms with Crippen LogP contribution in [0.1, 0.15) is 0 Å². The van der Waals surface area contributed by atoms with Gasteiger partial charge in [-0.3, -0.25) is 0 Å². The molecule has 0 atom stereocenters. The molecular weight excluding hydrogens is 230 g/mol. The molecule has 0 saturated carbocycles. The van der Waals surface area contributed by atoms with Crippen molar-refractivity contribution in [2.75, 3.05) is 26.2 Å². The van der Waals surface area contributed by atoms with Crippen LogP contribution >= 0.6 is 0 Å². The van der Waals surface area contributed by atoms with E-state index in [-0.39, 0.29) is 5.03 Å². The van der Waals surface area contributed by atoms with Crippen LogP contribution < -0.4 is 10.0 Å². The van der Waals surface area contributed by atoms with Gasteiger partial charge in [0.1, 0.15) is 0 Å². The number of piperazine rings is 1. The van der Waals surface area contributed by atoms with Crippen LogP contribution in [0.15, 0.2) is 29.4 Å². The van der Waals surface area contributed by atoms with Gasteiger partial charge in [-0.05, 0) is 6.07 Å². The molecule has 0 bridgehead atoms. The zero-order valence-electron chi connectivity index (χ0n) is 8.67. The molecule has 0 unspecified atom stereocenters. The summed E-state index contributed by atoms with van der Waals surface area (Å²) in [4.78, 5) is 0. The van der Waals surface area contributed by atoms with Gasteiger partial charge in [-0.15, -0.1) is 0 Å². The summed E-state index contributed by atoms with van der Waals surface area (Å²) >= 11 is 0. The molecule has 0 amide bonds. The van der Waals surface area contributed by atoms with Crippen molar-refractivity contribution in [2.24, 2.45) is 0 Å². The van der Waals surface area contributed by atoms with Gasteiger partial charge in [-0.1, -0.05) is 0 Å². The average Bonchev–Trinajstić information content (AvgIpc) is 2.30. The summed E-state index contributed by atoms with van der Waals surface area (Å²) in [6.07, 6.45) is 1.19. The Morgan fingerprint density at radius 1 is 1.31 bits per heavy atom. The molecular formula is C9H13N3O3S. The Kier molecular flexibility index (Phi) is 3.08. The summed E-state index contributed by atoms with van der Waals surface area (Å²) in [5, 5.41) is 14.3. The highest BCUT2D eigenvalue weighted by molar-refractivity contribution is 7.88. The van der Waals surface area contributed by atoms with Gasteiger partial charge >= 0.3 is 15.0 Å². The Labute approximate surface area is 94.1 Å². The first-order valence-electron chi connectivity index (χ1n) is 5.01. The second-order valence-corrected chi connectivity index (χ2v) is 5.40. The van der Waals surface area contributed by atoms with E-state index in [9.17, 15) is 13.6 Å². The second kappa shape index (κ2) is 4.36. The lowest BCUT2D eigenvalue weighted by Gasteiger charge is -2.25. The van der Waals surface area contributed by atoms with Crippen molar-refractivity contribution in [1.82, 2.24) is 9.62 Å². The standard InChI is InChI=1S/C9H13N3O3S/c13-12-6-2-1-3-9(12)16(14,15)11-7-4-10-5-8-11/h1-3,6,10H,4-5,7-8H2. The monoisotopic (exact) mass is 243 g/mol. The maximum absolute atomic E-state index is 12.1. The normalized spacial score (nSPS) is 18.5. The molecule has 1 fully saturated rings. The average molecular weight is 243 g/mol. The van der Waals surface area contributed by atoms with Crippen molar-refractivity contribution in [2.45, 2.75) is 5.03 Å². The van der Waals surface area contributed by atoms with E-state index in [1.165, 1.54) is 22.6 Å². The topological polar surface area (TPSA) is 76.3 Å². The number of rotatable bonds is 2. The molecule has 0 aliphatic carbocycles. The van der Waals surface area contributed by atoms with Crippen molar-refractivity contribution >= 4 is 10.0 Å². The van der Waals surface area contributed by atoms with E-state index in [1.54, 1.807) is 6.07 Å². The van der Waals surface area contributed by atoms with Crippen LogP contribution in [0, 0.1) is 5.21 Å². The van der Waals surface area contributed by atoms with Gasteiger partial charge in [-0.25, -0.2) is 8.42 Å². The SMILES string of the molecule is O=S(=O)(c1cccc[n+]1[O-])N1CCNCC1. The Morgan fingerprint density at radius 3 is 2.62 bits per heavy atom. The van der Waals surface area contributed by atoms with Crippen LogP contribution in [-0.4, -0.2) is 38.9 Å². The minimum atomic E-state index is -3.65. The maximum atomic E-state index is 12.1. The summed E-state index contributed by atoms with van der Waals surface area (Å²) in [6.45, 7) is 2.03. The van der Waals surface area contributed by atoms with E-state index >= 15 is 0 Å². The molecule has 1 saturated heterocycles. The summed E-state index contributed by atoms with van der Waals surface area (Å²) in [5.41, 5.74) is 0. The van der Waals surface area contributed by atoms with Gasteiger partial charge in [0.2, 0.25) is 0 Å². The lowest BCUT2D eigenvalue weighted by Crippen LogP contribution is -2.49. The molecule has 1 aliphatic heterocycles. The Bertz CT molecular complexity index is 469. The minimum absolute atomic E-state index is 0.211. The minimum Gasteiger partial charge on any atom is -0.618 e. The molecule has 2 heterocycles. The van der Waals surface area contributed by atoms with Gasteiger partial charge in [0, 0.05) is 38.3 Å². The molecule has 0 radical (unpaired) electrons. The van der Waals surface area contributed by atoms with Crippen molar-refractivity contribution in [3.05, 3.63) is 29.6 Å². The van der Waals surface area contributed by atoms with Crippen LogP contribution in [0.4, 0.5) is 0 Å². The first-order chi connectivity index (χ1) is 7.62. The molecule has 1 aromatic heterocycles. The van der Waals surface area contributed by atoms with Crippen molar-refractivity contribution < 1.29 is 13.1 Å². The first-order valence-corrected chi connectivity index (χ1v) is 6.45. The fourth-order valence-corrected chi connectivity index (χ4v) is 3.10. The molecule has 1 N–H and O–H groups in total. The fraction of sp³-hybridized carbons (Fsp3) is 0.444. The molecule has 16 heavy (non-hydrogen) atoms. The van der Waals surface area contributed by atoms with Gasteiger partial charge in [-0.2, -0.15) is 9.04 Å². The fourth-order valence-electron chi connectivity index (χ4n) is 1.63. The maximum Gasteiger partial charge on any atom is 0.323 e. The molecule has 2 rings (SSSR count). The molecule has 0 spiro atoms. The zero-order chi connectivity index (χ0) is 11.6. The van der Waals surface area contributed by atoms with Crippen LogP contribution in [-0.2, 0) is 10.0 Å². The van der Waals surface area contributed by atoms with E-state index in [0.29, 0.717) is 30.9 Å². The number of nitrogens with one attached hydrogen (secondary N) is 1.